The van der Waals surface area contributed by atoms with E-state index in [2.05, 4.69) is 4.99 Å². The maximum absolute atomic E-state index is 10.2. The SMILES string of the molecule is NC1=NC=C(C=O)C=C[I-]1. The molecule has 1 aliphatic rings. The third-order valence-electron chi connectivity index (χ3n) is 0.903. The molecule has 0 saturated carbocycles. The van der Waals surface area contributed by atoms with E-state index in [1.165, 1.54) is 6.20 Å². The Morgan fingerprint density at radius 3 is 3.20 bits per heavy atom. The predicted octanol–water partition coefficient (Wildman–Crippen LogP) is -3.00. The molecule has 4 heteroatoms. The second-order valence-corrected chi connectivity index (χ2v) is 4.05. The molecular weight excluding hydrogens is 243 g/mol. The van der Waals surface area contributed by atoms with Crippen molar-refractivity contribution in [2.24, 2.45) is 10.7 Å². The minimum absolute atomic E-state index is 0.273. The van der Waals surface area contributed by atoms with Gasteiger partial charge in [-0.3, -0.25) is 0 Å². The fourth-order valence-electron chi connectivity index (χ4n) is 0.446. The van der Waals surface area contributed by atoms with Gasteiger partial charge in [-0.1, -0.05) is 0 Å². The van der Waals surface area contributed by atoms with E-state index in [9.17, 15) is 4.79 Å². The van der Waals surface area contributed by atoms with Crippen LogP contribution in [-0.4, -0.2) is 10.1 Å². The monoisotopic (exact) mass is 249 g/mol. The second-order valence-electron chi connectivity index (χ2n) is 1.60. The molecule has 1 heterocycles. The van der Waals surface area contributed by atoms with Crippen LogP contribution in [0.1, 0.15) is 0 Å². The van der Waals surface area contributed by atoms with Gasteiger partial charge < -0.3 is 0 Å². The van der Waals surface area contributed by atoms with Gasteiger partial charge in [0.25, 0.3) is 0 Å². The number of nitrogens with zero attached hydrogens (tertiary/aromatic N) is 1. The summed E-state index contributed by atoms with van der Waals surface area (Å²) < 4.78 is 2.57. The average Bonchev–Trinajstić information content (AvgIpc) is 2.14. The van der Waals surface area contributed by atoms with Gasteiger partial charge in [0.15, 0.2) is 0 Å². The van der Waals surface area contributed by atoms with Crippen LogP contribution >= 0.6 is 0 Å². The molecule has 54 valence electrons. The van der Waals surface area contributed by atoms with Gasteiger partial charge in [-0.05, 0) is 0 Å². The summed E-state index contributed by atoms with van der Waals surface area (Å²) in [6, 6.07) is 0. The fourth-order valence-corrected chi connectivity index (χ4v) is 1.71. The van der Waals surface area contributed by atoms with Crippen LogP contribution in [0.5, 0.6) is 0 Å². The first-order valence-electron chi connectivity index (χ1n) is 2.61. The van der Waals surface area contributed by atoms with E-state index in [0.29, 0.717) is 9.42 Å². The second kappa shape index (κ2) is 3.50. The van der Waals surface area contributed by atoms with Gasteiger partial charge in [0, 0.05) is 0 Å². The third-order valence-corrected chi connectivity index (χ3v) is 2.54. The number of allylic oxidation sites excluding steroid dienone is 2. The van der Waals surface area contributed by atoms with Gasteiger partial charge in [0.1, 0.15) is 0 Å². The molecule has 0 aromatic heterocycles. The number of carbonyl (C=O) groups is 1. The molecule has 2 N–H and O–H groups in total. The van der Waals surface area contributed by atoms with Gasteiger partial charge in [-0.25, -0.2) is 0 Å². The normalized spacial score (nSPS) is 18.0. The predicted molar refractivity (Wildman–Crippen MR) is 34.9 cm³/mol. The zero-order chi connectivity index (χ0) is 7.40. The molecule has 0 spiro atoms. The standard InChI is InChI=1S/C6H6IN2O/c8-6-7-2-1-5(4-10)3-9-6/h1-4H,(H2,8,9)/q-1. The van der Waals surface area contributed by atoms with Gasteiger partial charge >= 0.3 is 68.8 Å². The Kier molecular flexibility index (Phi) is 2.61. The van der Waals surface area contributed by atoms with Crippen LogP contribution in [0.3, 0.4) is 0 Å². The summed E-state index contributed by atoms with van der Waals surface area (Å²) in [5.41, 5.74) is 6.02. The summed E-state index contributed by atoms with van der Waals surface area (Å²) in [5, 5.41) is 0. The van der Waals surface area contributed by atoms with E-state index in [1.807, 2.05) is 4.08 Å². The molecule has 1 rings (SSSR count). The maximum atomic E-state index is 10.2. The molecule has 3 nitrogen and oxygen atoms in total. The van der Waals surface area contributed by atoms with Crippen molar-refractivity contribution in [1.82, 2.24) is 0 Å². The van der Waals surface area contributed by atoms with Crippen LogP contribution in [-0.2, 0) is 4.79 Å². The summed E-state index contributed by atoms with van der Waals surface area (Å²) in [4.78, 5) is 14.1. The quantitative estimate of drug-likeness (QED) is 0.306. The van der Waals surface area contributed by atoms with Crippen LogP contribution in [0.2, 0.25) is 0 Å². The summed E-state index contributed by atoms with van der Waals surface area (Å²) in [6.45, 7) is 0. The Morgan fingerprint density at radius 1 is 1.70 bits per heavy atom. The molecule has 0 aromatic carbocycles. The van der Waals surface area contributed by atoms with Crippen molar-refractivity contribution in [2.75, 3.05) is 0 Å². The molecule has 0 aromatic rings. The molecule has 0 atom stereocenters. The number of amidine groups is 1. The van der Waals surface area contributed by atoms with Crippen LogP contribution in [0, 0.1) is 0 Å². The van der Waals surface area contributed by atoms with Gasteiger partial charge in [0.2, 0.25) is 0 Å². The first kappa shape index (κ1) is 7.46. The Bertz CT molecular complexity index is 230. The number of carbonyl (C=O) groups excluding carboxylic acids is 1. The summed E-state index contributed by atoms with van der Waals surface area (Å²) in [7, 11) is 0. The zero-order valence-corrected chi connectivity index (χ0v) is 7.28. The summed E-state index contributed by atoms with van der Waals surface area (Å²) in [6.07, 6.45) is 4.01. The van der Waals surface area contributed by atoms with E-state index in [0.717, 1.165) is 6.29 Å². The van der Waals surface area contributed by atoms with Crippen molar-refractivity contribution in [1.29, 1.82) is 0 Å². The molecule has 0 unspecified atom stereocenters. The molecule has 0 saturated heterocycles. The molecule has 0 amide bonds. The van der Waals surface area contributed by atoms with Crippen molar-refractivity contribution in [2.45, 2.75) is 0 Å². The Labute approximate surface area is 69.0 Å². The van der Waals surface area contributed by atoms with Crippen LogP contribution < -0.4 is 26.9 Å². The number of hydrogen-bond acceptors (Lipinski definition) is 3. The van der Waals surface area contributed by atoms with Crippen molar-refractivity contribution < 1.29 is 26.0 Å². The van der Waals surface area contributed by atoms with Gasteiger partial charge in [-0.15, -0.1) is 0 Å². The van der Waals surface area contributed by atoms with Crippen LogP contribution in [0.15, 0.2) is 26.9 Å². The topological polar surface area (TPSA) is 55.4 Å². The van der Waals surface area contributed by atoms with Crippen molar-refractivity contribution >= 4 is 10.1 Å². The van der Waals surface area contributed by atoms with E-state index in [-0.39, 0.29) is 21.2 Å². The van der Waals surface area contributed by atoms with Gasteiger partial charge in [-0.2, -0.15) is 0 Å². The Morgan fingerprint density at radius 2 is 2.50 bits per heavy atom. The molecule has 0 aliphatic carbocycles. The number of rotatable bonds is 1. The van der Waals surface area contributed by atoms with Gasteiger partial charge in [0.05, 0.1) is 0 Å². The third kappa shape index (κ3) is 1.94. The molecule has 0 radical (unpaired) electrons. The number of nitrogens with two attached hydrogens (primary N) is 1. The fraction of sp³-hybridized carbons (Fsp3) is 0. The summed E-state index contributed by atoms with van der Waals surface area (Å²) in [5.74, 6) is 0. The van der Waals surface area contributed by atoms with Crippen LogP contribution in [0.25, 0.3) is 0 Å². The van der Waals surface area contributed by atoms with E-state index >= 15 is 0 Å². The number of halogens is 1. The molecule has 0 fully saturated rings. The van der Waals surface area contributed by atoms with Crippen molar-refractivity contribution in [3.05, 3.63) is 21.9 Å². The molecular formula is C6H6IN2O-. The average molecular weight is 249 g/mol. The number of hydrogen-bond donors (Lipinski definition) is 1. The minimum atomic E-state index is -0.273. The van der Waals surface area contributed by atoms with Crippen LogP contribution in [0.4, 0.5) is 0 Å². The molecule has 0 bridgehead atoms. The molecule has 10 heavy (non-hydrogen) atoms. The first-order valence-corrected chi connectivity index (χ1v) is 4.94. The van der Waals surface area contributed by atoms with E-state index < -0.39 is 0 Å². The number of aliphatic imine (C=N–C) groups is 1. The first-order chi connectivity index (χ1) is 4.83. The van der Waals surface area contributed by atoms with Crippen molar-refractivity contribution in [3.63, 3.8) is 0 Å². The number of aldehydes is 1. The Hall–Kier alpha value is -0.650. The van der Waals surface area contributed by atoms with E-state index in [1.54, 1.807) is 6.08 Å². The molecule has 1 aliphatic heterocycles. The summed E-state index contributed by atoms with van der Waals surface area (Å²) >= 11 is -0.273. The van der Waals surface area contributed by atoms with E-state index in [4.69, 9.17) is 5.73 Å². The van der Waals surface area contributed by atoms with Crippen molar-refractivity contribution in [3.8, 4) is 0 Å². The zero-order valence-electron chi connectivity index (χ0n) is 5.12. The Balaban J connectivity index is 2.85.